The lowest BCUT2D eigenvalue weighted by Gasteiger charge is -2.30. The molecule has 134 valence electrons. The minimum Gasteiger partial charge on any atom is -0.457 e. The van der Waals surface area contributed by atoms with Crippen molar-refractivity contribution in [1.29, 1.82) is 0 Å². The molecule has 0 aliphatic carbocycles. The van der Waals surface area contributed by atoms with Gasteiger partial charge in [-0.1, -0.05) is 59.6 Å². The fourth-order valence-electron chi connectivity index (χ4n) is 2.71. The van der Waals surface area contributed by atoms with Crippen LogP contribution in [0.4, 0.5) is 0 Å². The van der Waals surface area contributed by atoms with E-state index in [1.54, 1.807) is 25.1 Å². The zero-order valence-corrected chi connectivity index (χ0v) is 16.2. The van der Waals surface area contributed by atoms with Gasteiger partial charge in [0.25, 0.3) is 0 Å². The lowest BCUT2D eigenvalue weighted by atomic mass is 9.96. The molecule has 7 heteroatoms. The molecule has 0 amide bonds. The quantitative estimate of drug-likeness (QED) is 0.576. The number of halogens is 2. The lowest BCUT2D eigenvalue weighted by molar-refractivity contribution is -0.140. The molecule has 2 N–H and O–H groups in total. The summed E-state index contributed by atoms with van der Waals surface area (Å²) in [4.78, 5) is 12.8. The number of carbonyl (C=O) groups excluding carboxylic acids is 1. The van der Waals surface area contributed by atoms with Gasteiger partial charge in [0.15, 0.2) is 5.11 Å². The maximum Gasteiger partial charge on any atom is 0.338 e. The smallest absolute Gasteiger partial charge is 0.338 e. The van der Waals surface area contributed by atoms with Crippen LogP contribution in [0, 0.1) is 0 Å². The number of benzene rings is 2. The number of rotatable bonds is 4. The van der Waals surface area contributed by atoms with Crippen LogP contribution in [-0.2, 0) is 16.1 Å². The van der Waals surface area contributed by atoms with Gasteiger partial charge >= 0.3 is 5.97 Å². The van der Waals surface area contributed by atoms with Crippen LogP contribution in [0.15, 0.2) is 59.8 Å². The molecule has 1 aliphatic rings. The molecule has 4 nitrogen and oxygen atoms in total. The third-order valence-electron chi connectivity index (χ3n) is 3.98. The number of ether oxygens (including phenoxy) is 1. The number of nitrogens with one attached hydrogen (secondary N) is 2. The van der Waals surface area contributed by atoms with Gasteiger partial charge in [0.2, 0.25) is 0 Å². The summed E-state index contributed by atoms with van der Waals surface area (Å²) < 4.78 is 5.50. The van der Waals surface area contributed by atoms with E-state index in [4.69, 9.17) is 40.2 Å². The van der Waals surface area contributed by atoms with Gasteiger partial charge in [-0.05, 0) is 42.4 Å². The standard InChI is InChI=1S/C19H16Cl2N2O2S/c1-11-16(18(24)25-10-12-5-3-2-4-6-12)17(23-19(26)22-11)13-7-8-14(20)15(21)9-13/h2-9,17H,10H2,1H3,(H2,22,23,26). The van der Waals surface area contributed by atoms with E-state index in [1.807, 2.05) is 30.3 Å². The van der Waals surface area contributed by atoms with Gasteiger partial charge in [-0.25, -0.2) is 4.79 Å². The average molecular weight is 407 g/mol. The summed E-state index contributed by atoms with van der Waals surface area (Å²) in [6.45, 7) is 1.98. The van der Waals surface area contributed by atoms with E-state index < -0.39 is 12.0 Å². The Labute approximate surface area is 167 Å². The Morgan fingerprint density at radius 2 is 1.88 bits per heavy atom. The van der Waals surface area contributed by atoms with E-state index in [1.165, 1.54) is 0 Å². The van der Waals surface area contributed by atoms with Crippen LogP contribution < -0.4 is 10.6 Å². The molecule has 1 heterocycles. The second-order valence-electron chi connectivity index (χ2n) is 5.81. The fraction of sp³-hybridized carbons (Fsp3) is 0.158. The summed E-state index contributed by atoms with van der Waals surface area (Å²) in [7, 11) is 0. The Morgan fingerprint density at radius 3 is 2.58 bits per heavy atom. The van der Waals surface area contributed by atoms with E-state index in [-0.39, 0.29) is 6.61 Å². The third kappa shape index (κ3) is 4.18. The summed E-state index contributed by atoms with van der Waals surface area (Å²) in [6, 6.07) is 14.2. The van der Waals surface area contributed by atoms with E-state index in [2.05, 4.69) is 10.6 Å². The van der Waals surface area contributed by atoms with Crippen molar-refractivity contribution in [1.82, 2.24) is 10.6 Å². The van der Waals surface area contributed by atoms with Crippen LogP contribution >= 0.6 is 35.4 Å². The normalized spacial score (nSPS) is 16.7. The van der Waals surface area contributed by atoms with Crippen molar-refractivity contribution < 1.29 is 9.53 Å². The summed E-state index contributed by atoms with van der Waals surface area (Å²) in [5.74, 6) is -0.426. The first-order valence-electron chi connectivity index (χ1n) is 7.90. The molecule has 1 aliphatic heterocycles. The SMILES string of the molecule is CC1=C(C(=O)OCc2ccccc2)C(c2ccc(Cl)c(Cl)c2)NC(=S)N1. The first kappa shape index (κ1) is 18.7. The molecule has 2 aromatic rings. The third-order valence-corrected chi connectivity index (χ3v) is 4.94. The Balaban J connectivity index is 1.87. The largest absolute Gasteiger partial charge is 0.457 e. The van der Waals surface area contributed by atoms with Crippen molar-refractivity contribution in [3.05, 3.63) is 81.0 Å². The number of esters is 1. The van der Waals surface area contributed by atoms with Gasteiger partial charge in [0.05, 0.1) is 21.7 Å². The molecule has 0 spiro atoms. The van der Waals surface area contributed by atoms with Crippen molar-refractivity contribution in [2.45, 2.75) is 19.6 Å². The van der Waals surface area contributed by atoms with E-state index >= 15 is 0 Å². The van der Waals surface area contributed by atoms with Crippen molar-refractivity contribution in [3.63, 3.8) is 0 Å². The highest BCUT2D eigenvalue weighted by Crippen LogP contribution is 2.32. The molecular weight excluding hydrogens is 391 g/mol. The van der Waals surface area contributed by atoms with Gasteiger partial charge in [-0.2, -0.15) is 0 Å². The van der Waals surface area contributed by atoms with Crippen molar-refractivity contribution in [2.24, 2.45) is 0 Å². The monoisotopic (exact) mass is 406 g/mol. The predicted molar refractivity (Wildman–Crippen MR) is 107 cm³/mol. The molecule has 0 saturated carbocycles. The van der Waals surface area contributed by atoms with Crippen molar-refractivity contribution in [2.75, 3.05) is 0 Å². The molecule has 1 atom stereocenters. The van der Waals surface area contributed by atoms with Gasteiger partial charge in [0.1, 0.15) is 6.61 Å². The maximum absolute atomic E-state index is 12.8. The van der Waals surface area contributed by atoms with Crippen LogP contribution in [0.1, 0.15) is 24.1 Å². The van der Waals surface area contributed by atoms with Crippen LogP contribution in [0.25, 0.3) is 0 Å². The van der Waals surface area contributed by atoms with E-state index in [0.29, 0.717) is 26.4 Å². The summed E-state index contributed by atoms with van der Waals surface area (Å²) in [6.07, 6.45) is 0. The minimum absolute atomic E-state index is 0.189. The predicted octanol–water partition coefficient (Wildman–Crippen LogP) is 4.53. The Bertz CT molecular complexity index is 884. The van der Waals surface area contributed by atoms with E-state index in [9.17, 15) is 4.79 Å². The summed E-state index contributed by atoms with van der Waals surface area (Å²) >= 11 is 17.4. The lowest BCUT2D eigenvalue weighted by Crippen LogP contribution is -2.45. The summed E-state index contributed by atoms with van der Waals surface area (Å²) in [5, 5.41) is 7.35. The number of hydrogen-bond acceptors (Lipinski definition) is 3. The van der Waals surface area contributed by atoms with Gasteiger partial charge < -0.3 is 15.4 Å². The Morgan fingerprint density at radius 1 is 1.15 bits per heavy atom. The Hall–Kier alpha value is -2.08. The van der Waals surface area contributed by atoms with Gasteiger partial charge in [0, 0.05) is 5.70 Å². The number of allylic oxidation sites excluding steroid dienone is 1. The average Bonchev–Trinajstić information content (AvgIpc) is 2.62. The highest BCUT2D eigenvalue weighted by molar-refractivity contribution is 7.80. The second kappa shape index (κ2) is 8.08. The number of hydrogen-bond donors (Lipinski definition) is 2. The fourth-order valence-corrected chi connectivity index (χ4v) is 3.28. The van der Waals surface area contributed by atoms with Gasteiger partial charge in [-0.3, -0.25) is 0 Å². The van der Waals surface area contributed by atoms with Crippen LogP contribution in [0.2, 0.25) is 10.0 Å². The van der Waals surface area contributed by atoms with Gasteiger partial charge in [-0.15, -0.1) is 0 Å². The number of carbonyl (C=O) groups is 1. The maximum atomic E-state index is 12.8. The van der Waals surface area contributed by atoms with Crippen LogP contribution in [-0.4, -0.2) is 11.1 Å². The first-order chi connectivity index (χ1) is 12.5. The van der Waals surface area contributed by atoms with Crippen LogP contribution in [0.3, 0.4) is 0 Å². The zero-order valence-electron chi connectivity index (χ0n) is 13.9. The molecule has 3 rings (SSSR count). The molecule has 26 heavy (non-hydrogen) atoms. The molecule has 0 fully saturated rings. The molecule has 0 bridgehead atoms. The molecule has 0 radical (unpaired) electrons. The second-order valence-corrected chi connectivity index (χ2v) is 7.03. The molecule has 2 aromatic carbocycles. The summed E-state index contributed by atoms with van der Waals surface area (Å²) in [5.41, 5.74) is 2.78. The van der Waals surface area contributed by atoms with Crippen molar-refractivity contribution >= 4 is 46.5 Å². The first-order valence-corrected chi connectivity index (χ1v) is 9.06. The molecular formula is C19H16Cl2N2O2S. The van der Waals surface area contributed by atoms with E-state index in [0.717, 1.165) is 11.1 Å². The van der Waals surface area contributed by atoms with Crippen molar-refractivity contribution in [3.8, 4) is 0 Å². The highest BCUT2D eigenvalue weighted by Gasteiger charge is 2.31. The minimum atomic E-state index is -0.471. The molecule has 0 saturated heterocycles. The molecule has 1 unspecified atom stereocenters. The zero-order chi connectivity index (χ0) is 18.7. The number of thiocarbonyl (C=S) groups is 1. The molecule has 0 aromatic heterocycles. The topological polar surface area (TPSA) is 50.4 Å². The highest BCUT2D eigenvalue weighted by atomic mass is 35.5. The van der Waals surface area contributed by atoms with Crippen LogP contribution in [0.5, 0.6) is 0 Å². The Kier molecular flexibility index (Phi) is 5.81.